The zero-order valence-corrected chi connectivity index (χ0v) is 14.6. The van der Waals surface area contributed by atoms with Gasteiger partial charge in [-0.2, -0.15) is 0 Å². The van der Waals surface area contributed by atoms with Crippen LogP contribution in [0.2, 0.25) is 0 Å². The molecule has 0 aliphatic carbocycles. The minimum Gasteiger partial charge on any atom is -0.490 e. The van der Waals surface area contributed by atoms with Gasteiger partial charge in [-0.25, -0.2) is 8.78 Å². The van der Waals surface area contributed by atoms with E-state index in [-0.39, 0.29) is 18.7 Å². The summed E-state index contributed by atoms with van der Waals surface area (Å²) < 4.78 is 38.5. The maximum atomic E-state index is 12.7. The van der Waals surface area contributed by atoms with Crippen molar-refractivity contribution in [3.05, 3.63) is 30.5 Å². The number of aliphatic hydroxyl groups is 1. The first kappa shape index (κ1) is 17.7. The summed E-state index contributed by atoms with van der Waals surface area (Å²) in [4.78, 5) is 2.28. The van der Waals surface area contributed by atoms with Gasteiger partial charge in [-0.1, -0.05) is 6.07 Å². The van der Waals surface area contributed by atoms with Gasteiger partial charge in [0, 0.05) is 24.7 Å². The van der Waals surface area contributed by atoms with Gasteiger partial charge in [0.25, 0.3) is 6.43 Å². The molecule has 2 aromatic rings. The number of likely N-dealkylation sites (tertiary alicyclic amines) is 1. The van der Waals surface area contributed by atoms with Crippen molar-refractivity contribution in [2.24, 2.45) is 0 Å². The summed E-state index contributed by atoms with van der Waals surface area (Å²) in [5, 5.41) is 10.8. The number of aromatic nitrogens is 1. The molecule has 2 fully saturated rings. The molecule has 7 heteroatoms. The van der Waals surface area contributed by atoms with E-state index >= 15 is 0 Å². The van der Waals surface area contributed by atoms with Gasteiger partial charge in [0.2, 0.25) is 0 Å². The Morgan fingerprint density at radius 1 is 1.19 bits per heavy atom. The van der Waals surface area contributed by atoms with Crippen molar-refractivity contribution in [2.75, 3.05) is 26.3 Å². The molecule has 0 saturated carbocycles. The lowest BCUT2D eigenvalue weighted by Gasteiger charge is -2.36. The molecule has 0 amide bonds. The number of nitrogens with zero attached hydrogens (tertiary/aromatic N) is 2. The van der Waals surface area contributed by atoms with Crippen LogP contribution in [-0.2, 0) is 11.3 Å². The summed E-state index contributed by atoms with van der Waals surface area (Å²) in [6.07, 6.45) is 0.739. The Labute approximate surface area is 151 Å². The Kier molecular flexibility index (Phi) is 5.11. The maximum absolute atomic E-state index is 12.7. The summed E-state index contributed by atoms with van der Waals surface area (Å²) in [6.45, 7) is 2.41. The molecular weight excluding hydrogens is 342 g/mol. The van der Waals surface area contributed by atoms with E-state index in [1.807, 2.05) is 24.3 Å². The Balaban J connectivity index is 1.41. The molecule has 142 valence electrons. The zero-order valence-electron chi connectivity index (χ0n) is 14.6. The van der Waals surface area contributed by atoms with Gasteiger partial charge in [-0.3, -0.25) is 4.90 Å². The van der Waals surface area contributed by atoms with Gasteiger partial charge in [0.05, 0.1) is 37.4 Å². The molecule has 2 unspecified atom stereocenters. The molecule has 0 radical (unpaired) electrons. The SMILES string of the molecule is OC1COCC1N1CCC(Oc2cccc3c2ccn3CC(F)F)CC1. The molecule has 1 N–H and O–H groups in total. The maximum Gasteiger partial charge on any atom is 0.256 e. The largest absolute Gasteiger partial charge is 0.490 e. The second kappa shape index (κ2) is 7.50. The third kappa shape index (κ3) is 3.56. The summed E-state index contributed by atoms with van der Waals surface area (Å²) in [7, 11) is 0. The molecular formula is C19H24F2N2O3. The fourth-order valence-electron chi connectivity index (χ4n) is 3.99. The predicted molar refractivity (Wildman–Crippen MR) is 93.8 cm³/mol. The summed E-state index contributed by atoms with van der Waals surface area (Å²) in [5.41, 5.74) is 0.770. The molecule has 3 heterocycles. The highest BCUT2D eigenvalue weighted by atomic mass is 19.3. The molecule has 1 aromatic heterocycles. The molecule has 2 atom stereocenters. The van der Waals surface area contributed by atoms with Gasteiger partial charge in [-0.05, 0) is 31.0 Å². The molecule has 26 heavy (non-hydrogen) atoms. The summed E-state index contributed by atoms with van der Waals surface area (Å²) in [6, 6.07) is 7.52. The highest BCUT2D eigenvalue weighted by molar-refractivity contribution is 5.86. The minimum absolute atomic E-state index is 0.0859. The van der Waals surface area contributed by atoms with Crippen LogP contribution in [-0.4, -0.2) is 65.6 Å². The van der Waals surface area contributed by atoms with Crippen LogP contribution >= 0.6 is 0 Å². The quantitative estimate of drug-likeness (QED) is 0.883. The number of alkyl halides is 2. The topological polar surface area (TPSA) is 46.9 Å². The Morgan fingerprint density at radius 2 is 2.00 bits per heavy atom. The van der Waals surface area contributed by atoms with Crippen LogP contribution in [0.15, 0.2) is 30.5 Å². The molecule has 5 nitrogen and oxygen atoms in total. The Hall–Kier alpha value is -1.70. The van der Waals surface area contributed by atoms with Gasteiger partial charge >= 0.3 is 0 Å². The Morgan fingerprint density at radius 3 is 2.69 bits per heavy atom. The number of benzene rings is 1. The van der Waals surface area contributed by atoms with E-state index in [1.165, 1.54) is 0 Å². The third-order valence-electron chi connectivity index (χ3n) is 5.37. The monoisotopic (exact) mass is 366 g/mol. The molecule has 1 aromatic carbocycles. The fraction of sp³-hybridized carbons (Fsp3) is 0.579. The Bertz CT molecular complexity index is 743. The molecule has 0 spiro atoms. The van der Waals surface area contributed by atoms with E-state index in [0.717, 1.165) is 42.6 Å². The van der Waals surface area contributed by atoms with Crippen LogP contribution in [0.1, 0.15) is 12.8 Å². The summed E-state index contributed by atoms with van der Waals surface area (Å²) >= 11 is 0. The van der Waals surface area contributed by atoms with Gasteiger partial charge in [0.15, 0.2) is 0 Å². The molecule has 0 bridgehead atoms. The number of rotatable bonds is 5. The minimum atomic E-state index is -2.38. The number of ether oxygens (including phenoxy) is 2. The first-order valence-electron chi connectivity index (χ1n) is 9.14. The van der Waals surface area contributed by atoms with Crippen LogP contribution in [0.4, 0.5) is 8.78 Å². The van der Waals surface area contributed by atoms with Gasteiger partial charge in [-0.15, -0.1) is 0 Å². The normalized spacial score (nSPS) is 25.4. The average Bonchev–Trinajstić information content (AvgIpc) is 3.23. The van der Waals surface area contributed by atoms with Crippen LogP contribution in [0, 0.1) is 0 Å². The van der Waals surface area contributed by atoms with Crippen LogP contribution < -0.4 is 4.74 Å². The van der Waals surface area contributed by atoms with E-state index in [4.69, 9.17) is 9.47 Å². The van der Waals surface area contributed by atoms with Crippen molar-refractivity contribution >= 4 is 10.9 Å². The lowest BCUT2D eigenvalue weighted by Crippen LogP contribution is -2.48. The van der Waals surface area contributed by atoms with Gasteiger partial charge in [0.1, 0.15) is 11.9 Å². The van der Waals surface area contributed by atoms with Gasteiger partial charge < -0.3 is 19.1 Å². The predicted octanol–water partition coefficient (Wildman–Crippen LogP) is 2.51. The second-order valence-corrected chi connectivity index (χ2v) is 7.07. The highest BCUT2D eigenvalue weighted by Crippen LogP contribution is 2.30. The number of hydrogen-bond acceptors (Lipinski definition) is 4. The third-order valence-corrected chi connectivity index (χ3v) is 5.37. The fourth-order valence-corrected chi connectivity index (χ4v) is 3.99. The number of halogens is 2. The lowest BCUT2D eigenvalue weighted by molar-refractivity contribution is 0.0366. The smallest absolute Gasteiger partial charge is 0.256 e. The standard InChI is InChI=1S/C19H24F2N2O3/c20-19(21)10-23-9-6-14-15(23)2-1-3-18(14)26-13-4-7-22(8-5-13)16-11-25-12-17(16)24/h1-3,6,9,13,16-17,19,24H,4-5,7-8,10-12H2. The van der Waals surface area contributed by atoms with E-state index in [9.17, 15) is 13.9 Å². The lowest BCUT2D eigenvalue weighted by atomic mass is 10.0. The number of fused-ring (bicyclic) bond motifs is 1. The second-order valence-electron chi connectivity index (χ2n) is 7.07. The van der Waals surface area contributed by atoms with E-state index in [2.05, 4.69) is 4.90 Å². The van der Waals surface area contributed by atoms with Crippen molar-refractivity contribution in [3.8, 4) is 5.75 Å². The van der Waals surface area contributed by atoms with Crippen molar-refractivity contribution < 1.29 is 23.4 Å². The number of hydrogen-bond donors (Lipinski definition) is 1. The molecule has 2 aliphatic heterocycles. The number of aliphatic hydroxyl groups excluding tert-OH is 1. The van der Waals surface area contributed by atoms with Crippen LogP contribution in [0.5, 0.6) is 5.75 Å². The molecule has 4 rings (SSSR count). The first-order valence-corrected chi connectivity index (χ1v) is 9.14. The average molecular weight is 366 g/mol. The van der Waals surface area contributed by atoms with Crippen LogP contribution in [0.3, 0.4) is 0 Å². The van der Waals surface area contributed by atoms with Crippen molar-refractivity contribution in [1.29, 1.82) is 0 Å². The number of piperidine rings is 1. The highest BCUT2D eigenvalue weighted by Gasteiger charge is 2.34. The van der Waals surface area contributed by atoms with Crippen molar-refractivity contribution in [3.63, 3.8) is 0 Å². The van der Waals surface area contributed by atoms with E-state index in [0.29, 0.717) is 13.2 Å². The van der Waals surface area contributed by atoms with Crippen molar-refractivity contribution in [2.45, 2.75) is 44.1 Å². The van der Waals surface area contributed by atoms with Crippen molar-refractivity contribution in [1.82, 2.24) is 9.47 Å². The molecule has 2 saturated heterocycles. The van der Waals surface area contributed by atoms with Crippen LogP contribution in [0.25, 0.3) is 10.9 Å². The molecule has 2 aliphatic rings. The van der Waals surface area contributed by atoms with E-state index in [1.54, 1.807) is 10.8 Å². The van der Waals surface area contributed by atoms with E-state index < -0.39 is 12.5 Å². The summed E-state index contributed by atoms with van der Waals surface area (Å²) in [5.74, 6) is 0.748. The first-order chi connectivity index (χ1) is 12.6. The zero-order chi connectivity index (χ0) is 18.1.